The van der Waals surface area contributed by atoms with Crippen LogP contribution in [0, 0.1) is 6.92 Å². The second-order valence-electron chi connectivity index (χ2n) is 6.72. The van der Waals surface area contributed by atoms with E-state index >= 15 is 0 Å². The molecule has 1 aliphatic rings. The number of hydrogen-bond donors (Lipinski definition) is 1. The summed E-state index contributed by atoms with van der Waals surface area (Å²) in [7, 11) is 0. The zero-order valence-corrected chi connectivity index (χ0v) is 14.2. The first-order valence-electron chi connectivity index (χ1n) is 7.76. The van der Waals surface area contributed by atoms with Gasteiger partial charge in [0.15, 0.2) is 5.76 Å². The molecule has 2 N–H and O–H groups in total. The predicted molar refractivity (Wildman–Crippen MR) is 85.1 cm³/mol. The van der Waals surface area contributed by atoms with Crippen LogP contribution < -0.4 is 5.73 Å². The van der Waals surface area contributed by atoms with Crippen molar-refractivity contribution in [2.45, 2.75) is 39.3 Å². The molecule has 7 heteroatoms. The van der Waals surface area contributed by atoms with E-state index in [2.05, 4.69) is 0 Å². The van der Waals surface area contributed by atoms with Gasteiger partial charge in [-0.3, -0.25) is 4.79 Å². The van der Waals surface area contributed by atoms with Crippen LogP contribution in [0.3, 0.4) is 0 Å². The van der Waals surface area contributed by atoms with Gasteiger partial charge in [-0.2, -0.15) is 0 Å². The Labute approximate surface area is 136 Å². The highest BCUT2D eigenvalue weighted by Crippen LogP contribution is 2.18. The van der Waals surface area contributed by atoms with Crippen LogP contribution in [0.2, 0.25) is 0 Å². The molecule has 1 aromatic heterocycles. The van der Waals surface area contributed by atoms with E-state index in [0.29, 0.717) is 31.2 Å². The van der Waals surface area contributed by atoms with E-state index in [0.717, 1.165) is 0 Å². The van der Waals surface area contributed by atoms with Crippen LogP contribution in [0.5, 0.6) is 0 Å². The fourth-order valence-corrected chi connectivity index (χ4v) is 2.51. The number of nitrogens with zero attached hydrogens (tertiary/aromatic N) is 2. The van der Waals surface area contributed by atoms with Crippen molar-refractivity contribution in [2.75, 3.05) is 26.2 Å². The lowest BCUT2D eigenvalue weighted by molar-refractivity contribution is 0.00467. The maximum Gasteiger partial charge on any atom is 0.410 e. The Morgan fingerprint density at radius 2 is 2.04 bits per heavy atom. The highest BCUT2D eigenvalue weighted by molar-refractivity contribution is 5.92. The number of hydrogen-bond acceptors (Lipinski definition) is 5. The fraction of sp³-hybridized carbons (Fsp3) is 0.625. The third-order valence-electron chi connectivity index (χ3n) is 3.62. The summed E-state index contributed by atoms with van der Waals surface area (Å²) in [6, 6.07) is 3.15. The highest BCUT2D eigenvalue weighted by Gasteiger charge is 2.34. The number of carbonyl (C=O) groups excluding carboxylic acids is 2. The van der Waals surface area contributed by atoms with Crippen molar-refractivity contribution in [2.24, 2.45) is 5.73 Å². The summed E-state index contributed by atoms with van der Waals surface area (Å²) >= 11 is 0. The van der Waals surface area contributed by atoms with E-state index in [-0.39, 0.29) is 24.6 Å². The molecule has 1 fully saturated rings. The van der Waals surface area contributed by atoms with Crippen molar-refractivity contribution in [1.29, 1.82) is 0 Å². The van der Waals surface area contributed by atoms with Crippen LogP contribution in [-0.4, -0.2) is 59.6 Å². The van der Waals surface area contributed by atoms with Crippen molar-refractivity contribution in [3.63, 3.8) is 0 Å². The number of carbonyl (C=O) groups is 2. The van der Waals surface area contributed by atoms with Gasteiger partial charge < -0.3 is 24.7 Å². The molecule has 1 unspecified atom stereocenters. The van der Waals surface area contributed by atoms with Gasteiger partial charge in [0.25, 0.3) is 5.91 Å². The molecule has 1 saturated heterocycles. The van der Waals surface area contributed by atoms with E-state index in [1.807, 2.05) is 20.8 Å². The first kappa shape index (κ1) is 17.3. The lowest BCUT2D eigenvalue weighted by Crippen LogP contribution is -2.59. The van der Waals surface area contributed by atoms with Crippen LogP contribution in [0.25, 0.3) is 0 Å². The van der Waals surface area contributed by atoms with Gasteiger partial charge in [-0.1, -0.05) is 0 Å². The molecule has 0 aliphatic carbocycles. The second kappa shape index (κ2) is 6.62. The summed E-state index contributed by atoms with van der Waals surface area (Å²) in [6.45, 7) is 8.70. The zero-order chi connectivity index (χ0) is 17.2. The summed E-state index contributed by atoms with van der Waals surface area (Å²) in [5, 5.41) is 0. The van der Waals surface area contributed by atoms with Crippen molar-refractivity contribution >= 4 is 12.0 Å². The highest BCUT2D eigenvalue weighted by atomic mass is 16.6. The van der Waals surface area contributed by atoms with E-state index in [4.69, 9.17) is 14.9 Å². The van der Waals surface area contributed by atoms with Gasteiger partial charge in [-0.15, -0.1) is 0 Å². The minimum Gasteiger partial charge on any atom is -0.456 e. The van der Waals surface area contributed by atoms with Gasteiger partial charge >= 0.3 is 6.09 Å². The molecule has 0 saturated carbocycles. The molecule has 0 spiro atoms. The lowest BCUT2D eigenvalue weighted by atomic mass is 10.1. The molecule has 0 bridgehead atoms. The third-order valence-corrected chi connectivity index (χ3v) is 3.62. The molecule has 2 rings (SSSR count). The van der Waals surface area contributed by atoms with E-state index in [1.165, 1.54) is 0 Å². The quantitative estimate of drug-likeness (QED) is 0.893. The second-order valence-corrected chi connectivity index (χ2v) is 6.72. The van der Waals surface area contributed by atoms with Crippen LogP contribution in [-0.2, 0) is 4.74 Å². The Balaban J connectivity index is 2.04. The lowest BCUT2D eigenvalue weighted by Gasteiger charge is -2.40. The molecule has 0 radical (unpaired) electrons. The van der Waals surface area contributed by atoms with Crippen LogP contribution in [0.15, 0.2) is 16.5 Å². The number of ether oxygens (including phenoxy) is 1. The molecule has 1 aromatic rings. The van der Waals surface area contributed by atoms with Gasteiger partial charge in [0.05, 0.1) is 6.04 Å². The fourth-order valence-electron chi connectivity index (χ4n) is 2.51. The van der Waals surface area contributed by atoms with Gasteiger partial charge in [0.2, 0.25) is 0 Å². The Morgan fingerprint density at radius 3 is 2.57 bits per heavy atom. The molecular formula is C16H25N3O4. The third kappa shape index (κ3) is 4.25. The first-order chi connectivity index (χ1) is 10.7. The molecule has 128 valence electrons. The molecule has 2 heterocycles. The maximum absolute atomic E-state index is 12.5. The number of amides is 2. The number of rotatable bonds is 2. The molecular weight excluding hydrogens is 298 g/mol. The summed E-state index contributed by atoms with van der Waals surface area (Å²) in [4.78, 5) is 28.0. The Hall–Kier alpha value is -2.02. The standard InChI is InChI=1S/C16H25N3O4/c1-11-5-6-13(22-11)14(20)19-8-7-18(10-12(19)9-17)15(21)23-16(2,3)4/h5-6,12H,7-10,17H2,1-4H3. The number of furan rings is 1. The van der Waals surface area contributed by atoms with Crippen molar-refractivity contribution in [3.8, 4) is 0 Å². The normalized spacial score (nSPS) is 18.9. The number of aryl methyl sites for hydroxylation is 1. The average Bonchev–Trinajstić information content (AvgIpc) is 2.90. The molecule has 0 aromatic carbocycles. The summed E-state index contributed by atoms with van der Waals surface area (Å²) in [6.07, 6.45) is -0.378. The molecule has 7 nitrogen and oxygen atoms in total. The minimum absolute atomic E-state index is 0.197. The maximum atomic E-state index is 12.5. The van der Waals surface area contributed by atoms with Gasteiger partial charge in [0.1, 0.15) is 11.4 Å². The minimum atomic E-state index is -0.548. The van der Waals surface area contributed by atoms with Gasteiger partial charge in [-0.05, 0) is 39.8 Å². The Morgan fingerprint density at radius 1 is 1.35 bits per heavy atom. The summed E-state index contributed by atoms with van der Waals surface area (Å²) in [5.74, 6) is 0.786. The van der Waals surface area contributed by atoms with Crippen molar-refractivity contribution in [3.05, 3.63) is 23.7 Å². The average molecular weight is 323 g/mol. The molecule has 2 amide bonds. The molecule has 1 atom stereocenters. The summed E-state index contributed by atoms with van der Waals surface area (Å²) < 4.78 is 10.8. The number of nitrogens with two attached hydrogens (primary N) is 1. The van der Waals surface area contributed by atoms with Gasteiger partial charge in [-0.25, -0.2) is 4.79 Å². The van der Waals surface area contributed by atoms with Crippen LogP contribution in [0.4, 0.5) is 4.79 Å². The first-order valence-corrected chi connectivity index (χ1v) is 7.76. The Bertz CT molecular complexity index is 576. The Kier molecular flexibility index (Phi) is 4.99. The van der Waals surface area contributed by atoms with Gasteiger partial charge in [0, 0.05) is 26.2 Å². The van der Waals surface area contributed by atoms with Crippen molar-refractivity contribution < 1.29 is 18.7 Å². The topological polar surface area (TPSA) is 89.0 Å². The predicted octanol–water partition coefficient (Wildman–Crippen LogP) is 1.61. The monoisotopic (exact) mass is 323 g/mol. The van der Waals surface area contributed by atoms with Crippen LogP contribution in [0.1, 0.15) is 37.1 Å². The van der Waals surface area contributed by atoms with Crippen molar-refractivity contribution in [1.82, 2.24) is 9.80 Å². The largest absolute Gasteiger partial charge is 0.456 e. The van der Waals surface area contributed by atoms with E-state index < -0.39 is 5.60 Å². The van der Waals surface area contributed by atoms with E-state index in [9.17, 15) is 9.59 Å². The SMILES string of the molecule is Cc1ccc(C(=O)N2CCN(C(=O)OC(C)(C)C)CC2CN)o1. The van der Waals surface area contributed by atoms with Crippen LogP contribution >= 0.6 is 0 Å². The zero-order valence-electron chi connectivity index (χ0n) is 14.2. The summed E-state index contributed by atoms with van der Waals surface area (Å²) in [5.41, 5.74) is 5.25. The molecule has 23 heavy (non-hydrogen) atoms. The number of piperazine rings is 1. The smallest absolute Gasteiger partial charge is 0.410 e. The molecule has 1 aliphatic heterocycles. The van der Waals surface area contributed by atoms with E-state index in [1.54, 1.807) is 28.9 Å².